The Morgan fingerprint density at radius 3 is 1.00 bits per heavy atom. The molecule has 6 heavy (non-hydrogen) atoms. The molecular weight excluding hydrogens is 136 g/mol. The molecule has 0 aromatic rings. The van der Waals surface area contributed by atoms with Crippen molar-refractivity contribution in [1.29, 1.82) is 0 Å². The Morgan fingerprint density at radius 2 is 1.00 bits per heavy atom. The summed E-state index contributed by atoms with van der Waals surface area (Å²) in [4.78, 5) is 0. The number of aliphatic hydroxyl groups is 1. The summed E-state index contributed by atoms with van der Waals surface area (Å²) >= 11 is 0. The first-order chi connectivity index (χ1) is 1.00. The van der Waals surface area contributed by atoms with Gasteiger partial charge in [0.1, 0.15) is 0 Å². The first-order valence-corrected chi connectivity index (χ1v) is 0.447. The van der Waals surface area contributed by atoms with Gasteiger partial charge in [0.25, 0.3) is 0 Å². The average Bonchev–Trinajstić information content (AvgIpc) is 1.00. The normalized spacial score (nSPS) is 1.00. The maximum absolute atomic E-state index is 7.00. The van der Waals surface area contributed by atoms with Crippen molar-refractivity contribution in [3.8, 4) is 0 Å². The molecule has 0 amide bonds. The molecule has 5 N–H and O–H groups in total. The third-order valence-corrected chi connectivity index (χ3v) is 0. The van der Waals surface area contributed by atoms with Crippen molar-refractivity contribution in [3.05, 3.63) is 0 Å². The summed E-state index contributed by atoms with van der Waals surface area (Å²) in [6.45, 7) is 0. The molecule has 0 rings (SSSR count). The van der Waals surface area contributed by atoms with E-state index in [1.54, 1.807) is 0 Å². The van der Waals surface area contributed by atoms with Crippen LogP contribution in [0.3, 0.4) is 0 Å². The molecule has 0 saturated heterocycles. The Morgan fingerprint density at radius 1 is 1.00 bits per heavy atom. The van der Waals surface area contributed by atoms with Gasteiger partial charge in [-0.2, -0.15) is 0 Å². The fraction of sp³-hybridized carbons (Fsp3) is 1.00. The zero-order valence-electron chi connectivity index (χ0n) is 2.86. The van der Waals surface area contributed by atoms with E-state index in [1.165, 1.54) is 0 Å². The molecule has 0 unspecified atom stereocenters. The molecule has 0 atom stereocenters. The van der Waals surface area contributed by atoms with Crippen LogP contribution in [0, 0.1) is 0 Å². The van der Waals surface area contributed by atoms with E-state index in [9.17, 15) is 0 Å². The van der Waals surface area contributed by atoms with Crippen LogP contribution >= 0.6 is 12.4 Å². The van der Waals surface area contributed by atoms with Gasteiger partial charge in [0.15, 0.2) is 0 Å². The predicted molar refractivity (Wildman–Crippen MR) is 31.2 cm³/mol. The van der Waals surface area contributed by atoms with Gasteiger partial charge in [0.05, 0.1) is 0 Å². The van der Waals surface area contributed by atoms with E-state index in [0.717, 1.165) is 7.11 Å². The number of aliphatic hydroxyl groups excluding tert-OH is 1. The average molecular weight is 147 g/mol. The third kappa shape index (κ3) is 52.1. The molecule has 0 spiro atoms. The molecule has 5 heteroatoms. The van der Waals surface area contributed by atoms with Crippen LogP contribution in [0.15, 0.2) is 0 Å². The van der Waals surface area contributed by atoms with Crippen LogP contribution in [0.4, 0.5) is 0 Å². The van der Waals surface area contributed by atoms with E-state index < -0.39 is 0 Å². The summed E-state index contributed by atoms with van der Waals surface area (Å²) in [5, 5.41) is 7.00. The molecule has 42 valence electrons. The third-order valence-electron chi connectivity index (χ3n) is 0. The van der Waals surface area contributed by atoms with Crippen LogP contribution in [0.2, 0.25) is 0 Å². The molecular formula is CH11CaClO3. The second-order valence-electron chi connectivity index (χ2n) is 0. The molecule has 0 aliphatic rings. The van der Waals surface area contributed by atoms with E-state index in [1.807, 2.05) is 0 Å². The summed E-state index contributed by atoms with van der Waals surface area (Å²) in [6, 6.07) is 0. The van der Waals surface area contributed by atoms with Crippen molar-refractivity contribution in [1.82, 2.24) is 0 Å². The number of halogens is 1. The summed E-state index contributed by atoms with van der Waals surface area (Å²) in [5.74, 6) is 0. The Labute approximate surface area is 72.8 Å². The van der Waals surface area contributed by atoms with Gasteiger partial charge in [-0.25, -0.2) is 0 Å². The molecule has 0 aliphatic heterocycles. The number of hydrogen-bond donors (Lipinski definition) is 1. The van der Waals surface area contributed by atoms with Gasteiger partial charge >= 0.3 is 37.7 Å². The summed E-state index contributed by atoms with van der Waals surface area (Å²) in [5.41, 5.74) is 0. The van der Waals surface area contributed by atoms with Gasteiger partial charge < -0.3 is 16.1 Å². The molecule has 3 nitrogen and oxygen atoms in total. The fourth-order valence-electron chi connectivity index (χ4n) is 0. The second-order valence-corrected chi connectivity index (χ2v) is 0. The molecule has 0 heterocycles. The van der Waals surface area contributed by atoms with E-state index in [0.29, 0.717) is 0 Å². The zero-order valence-corrected chi connectivity index (χ0v) is 3.67. The minimum absolute atomic E-state index is 0. The summed E-state index contributed by atoms with van der Waals surface area (Å²) in [6.07, 6.45) is 0. The van der Waals surface area contributed by atoms with Crippen LogP contribution in [0.5, 0.6) is 0 Å². The van der Waals surface area contributed by atoms with Crippen LogP contribution in [-0.4, -0.2) is 60.9 Å². The summed E-state index contributed by atoms with van der Waals surface area (Å²) in [7, 11) is 1.00. The topological polar surface area (TPSA) is 83.2 Å². The molecule has 0 aromatic heterocycles. The van der Waals surface area contributed by atoms with Crippen LogP contribution in [0.25, 0.3) is 0 Å². The quantitative estimate of drug-likeness (QED) is 0.376. The van der Waals surface area contributed by atoms with Gasteiger partial charge in [-0.3, -0.25) is 0 Å². The molecule has 0 aliphatic carbocycles. The zero-order chi connectivity index (χ0) is 2.00. The van der Waals surface area contributed by atoms with Gasteiger partial charge in [-0.05, 0) is 0 Å². The molecule has 0 radical (unpaired) electrons. The Balaban J connectivity index is -0.000000000833. The van der Waals surface area contributed by atoms with Crippen molar-refractivity contribution in [3.63, 3.8) is 0 Å². The molecule has 0 saturated carbocycles. The van der Waals surface area contributed by atoms with Gasteiger partial charge in [0.2, 0.25) is 0 Å². The second kappa shape index (κ2) is 92.7. The molecule has 0 fully saturated rings. The van der Waals surface area contributed by atoms with Crippen molar-refractivity contribution in [2.45, 2.75) is 0 Å². The van der Waals surface area contributed by atoms with Crippen molar-refractivity contribution >= 4 is 50.1 Å². The van der Waals surface area contributed by atoms with E-state index in [4.69, 9.17) is 5.11 Å². The van der Waals surface area contributed by atoms with Crippen LogP contribution in [-0.2, 0) is 0 Å². The van der Waals surface area contributed by atoms with Gasteiger partial charge in [-0.1, -0.05) is 0 Å². The van der Waals surface area contributed by atoms with Gasteiger partial charge in [0, 0.05) is 7.11 Å². The maximum atomic E-state index is 7.00. The van der Waals surface area contributed by atoms with Crippen LogP contribution < -0.4 is 0 Å². The minimum atomic E-state index is 0. The van der Waals surface area contributed by atoms with Crippen molar-refractivity contribution < 1.29 is 16.1 Å². The summed E-state index contributed by atoms with van der Waals surface area (Å²) < 4.78 is 0. The number of hydrogen-bond acceptors (Lipinski definition) is 1. The predicted octanol–water partition coefficient (Wildman–Crippen LogP) is -2.54. The van der Waals surface area contributed by atoms with Crippen LogP contribution in [0.1, 0.15) is 0 Å². The first kappa shape index (κ1) is 52.0. The Bertz CT molecular complexity index is 10.8. The van der Waals surface area contributed by atoms with Crippen molar-refractivity contribution in [2.24, 2.45) is 0 Å². The Hall–Kier alpha value is 1.43. The van der Waals surface area contributed by atoms with Crippen molar-refractivity contribution in [2.75, 3.05) is 7.11 Å². The molecule has 0 aromatic carbocycles. The monoisotopic (exact) mass is 146 g/mol. The first-order valence-electron chi connectivity index (χ1n) is 0.447. The fourth-order valence-corrected chi connectivity index (χ4v) is 0. The SMILES string of the molecule is CO.Cl.O.O.[CaH2]. The molecule has 0 bridgehead atoms. The van der Waals surface area contributed by atoms with E-state index in [2.05, 4.69) is 0 Å². The van der Waals surface area contributed by atoms with E-state index in [-0.39, 0.29) is 61.1 Å². The van der Waals surface area contributed by atoms with Gasteiger partial charge in [-0.15, -0.1) is 12.4 Å². The standard InChI is InChI=1S/CH4O.Ca.ClH.2H2O.2H/c1-2;;;;;;/h2H,1H3;;1H;2*1H2;;. The number of rotatable bonds is 0. The van der Waals surface area contributed by atoms with E-state index >= 15 is 0 Å². The Kier molecular flexibility index (Phi) is 804.